The Morgan fingerprint density at radius 2 is 0.941 bits per heavy atom. The average Bonchev–Trinajstić information content (AvgIpc) is 3.11. The molecule has 0 spiro atoms. The Morgan fingerprint density at radius 1 is 0.549 bits per heavy atom. The van der Waals surface area contributed by atoms with E-state index in [1.165, 1.54) is 24.3 Å². The second-order valence-electron chi connectivity index (χ2n) is 11.1. The molecule has 252 valence electrons. The summed E-state index contributed by atoms with van der Waals surface area (Å²) in [6.45, 7) is 0. The molecule has 12 heteroatoms. The first-order valence-electron chi connectivity index (χ1n) is 15.3. The predicted octanol–water partition coefficient (Wildman–Crippen LogP) is 6.05. The van der Waals surface area contributed by atoms with E-state index >= 15 is 0 Å². The highest BCUT2D eigenvalue weighted by Gasteiger charge is 2.20. The Morgan fingerprint density at radius 3 is 1.33 bits per heavy atom. The molecule has 0 saturated carbocycles. The number of carbonyl (C=O) groups is 2. The van der Waals surface area contributed by atoms with Crippen LogP contribution in [0.3, 0.4) is 0 Å². The molecule has 6 rings (SSSR count). The third-order valence-corrected chi connectivity index (χ3v) is 7.76. The van der Waals surface area contributed by atoms with Gasteiger partial charge in [-0.2, -0.15) is 0 Å². The maximum Gasteiger partial charge on any atom is 0.262 e. The first kappa shape index (κ1) is 33.3. The zero-order valence-electron chi connectivity index (χ0n) is 26.5. The van der Waals surface area contributed by atoms with Crippen molar-refractivity contribution in [3.63, 3.8) is 0 Å². The van der Waals surface area contributed by atoms with Crippen LogP contribution in [0.5, 0.6) is 23.3 Å². The van der Waals surface area contributed by atoms with E-state index in [1.807, 2.05) is 0 Å². The Bertz CT molecular complexity index is 2310. The largest absolute Gasteiger partial charge is 0.506 e. The van der Waals surface area contributed by atoms with Gasteiger partial charge in [-0.25, -0.2) is 0 Å². The van der Waals surface area contributed by atoms with Crippen LogP contribution in [0.4, 0.5) is 11.4 Å². The molecule has 0 bridgehead atoms. The van der Waals surface area contributed by atoms with Crippen LogP contribution < -0.4 is 21.8 Å². The van der Waals surface area contributed by atoms with Crippen LogP contribution in [0.15, 0.2) is 125 Å². The fraction of sp³-hybridized carbons (Fsp3) is 0. The number of amides is 2. The van der Waals surface area contributed by atoms with Crippen molar-refractivity contribution in [2.24, 2.45) is 0 Å². The molecule has 0 aliphatic heterocycles. The summed E-state index contributed by atoms with van der Waals surface area (Å²) in [4.78, 5) is 55.6. The minimum absolute atomic E-state index is 0.215. The Kier molecular flexibility index (Phi) is 9.34. The molecule has 51 heavy (non-hydrogen) atoms. The molecular formula is C39H28N4O8. The summed E-state index contributed by atoms with van der Waals surface area (Å²) in [7, 11) is 0. The molecule has 2 amide bonds. The van der Waals surface area contributed by atoms with Crippen molar-refractivity contribution in [2.75, 3.05) is 10.6 Å². The molecule has 6 aromatic rings. The molecule has 8 N–H and O–H groups in total. The van der Waals surface area contributed by atoms with Gasteiger partial charge in [0.1, 0.15) is 11.5 Å². The second-order valence-corrected chi connectivity index (χ2v) is 11.1. The summed E-state index contributed by atoms with van der Waals surface area (Å²) in [5, 5.41) is 48.7. The van der Waals surface area contributed by atoms with Gasteiger partial charge in [-0.1, -0.05) is 60.7 Å². The van der Waals surface area contributed by atoms with Crippen LogP contribution in [-0.2, 0) is 0 Å². The average molecular weight is 681 g/mol. The number of aromatic hydroxyl groups is 4. The van der Waals surface area contributed by atoms with Crippen LogP contribution in [0, 0.1) is 0 Å². The highest BCUT2D eigenvalue weighted by atomic mass is 16.3. The van der Waals surface area contributed by atoms with E-state index in [9.17, 15) is 39.6 Å². The van der Waals surface area contributed by atoms with Crippen LogP contribution in [-0.4, -0.2) is 42.2 Å². The molecule has 4 aromatic carbocycles. The maximum atomic E-state index is 12.9. The van der Waals surface area contributed by atoms with E-state index in [4.69, 9.17) is 0 Å². The molecule has 0 unspecified atom stereocenters. The Balaban J connectivity index is 1.31. The molecule has 0 fully saturated rings. The van der Waals surface area contributed by atoms with Crippen molar-refractivity contribution in [2.45, 2.75) is 0 Å². The summed E-state index contributed by atoms with van der Waals surface area (Å²) < 4.78 is 0. The fourth-order valence-electron chi connectivity index (χ4n) is 5.29. The number of H-pyrrole nitrogens is 2. The number of carbonyl (C=O) groups excluding carboxylic acids is 2. The Hall–Kier alpha value is -7.56. The van der Waals surface area contributed by atoms with Gasteiger partial charge in [-0.3, -0.25) is 29.1 Å². The van der Waals surface area contributed by atoms with E-state index in [1.54, 1.807) is 84.9 Å². The predicted molar refractivity (Wildman–Crippen MR) is 193 cm³/mol. The molecular weight excluding hydrogens is 652 g/mol. The van der Waals surface area contributed by atoms with Gasteiger partial charge in [0.2, 0.25) is 11.8 Å². The van der Waals surface area contributed by atoms with Gasteiger partial charge in [-0.15, -0.1) is 5.73 Å². The number of hydrogen-bond acceptors (Lipinski definition) is 8. The SMILES string of the molecule is O=C(Nc1cccc(-c2c(O)c(C=C=Cc3c(O)[nH]c(=O)c(-c4cccc(NC(=O)c5ccccc5)c4)c3O)c(O)[nH]c2=O)c1)c1ccccc1. The standard InChI is InChI=1S/C39H28N4O8/c44-32-28(36(48)42-38(50)30(32)24-14-7-16-26(20-24)40-34(46)22-10-3-1-4-11-22)18-9-19-29-33(45)31(39(51)43-37(29)49)25-15-8-17-27(21-25)41-35(47)23-12-5-2-6-13-23/h1-8,10-21H,(H,40,46)(H,41,47)(H3,42,44,48,50)(H3,43,45,49,51). The van der Waals surface area contributed by atoms with E-state index in [-0.39, 0.29) is 45.2 Å². The van der Waals surface area contributed by atoms with Crippen molar-refractivity contribution in [3.8, 4) is 45.5 Å². The summed E-state index contributed by atoms with van der Waals surface area (Å²) in [6.07, 6.45) is 2.18. The van der Waals surface area contributed by atoms with E-state index in [0.29, 0.717) is 22.5 Å². The number of nitrogens with one attached hydrogen (secondary N) is 4. The lowest BCUT2D eigenvalue weighted by Crippen LogP contribution is -2.12. The number of benzene rings is 4. The highest BCUT2D eigenvalue weighted by Crippen LogP contribution is 2.36. The number of rotatable bonds is 8. The van der Waals surface area contributed by atoms with Crippen molar-refractivity contribution < 1.29 is 30.0 Å². The molecule has 2 heterocycles. The van der Waals surface area contributed by atoms with Gasteiger partial charge >= 0.3 is 0 Å². The van der Waals surface area contributed by atoms with Crippen molar-refractivity contribution >= 4 is 35.3 Å². The molecule has 0 saturated heterocycles. The summed E-state index contributed by atoms with van der Waals surface area (Å²) in [6, 6.07) is 29.4. The zero-order valence-corrected chi connectivity index (χ0v) is 26.5. The number of aromatic amines is 2. The quantitative estimate of drug-likeness (QED) is 0.0887. The first-order valence-corrected chi connectivity index (χ1v) is 15.3. The summed E-state index contributed by atoms with van der Waals surface area (Å²) >= 11 is 0. The molecule has 0 atom stereocenters. The van der Waals surface area contributed by atoms with E-state index < -0.39 is 34.4 Å². The van der Waals surface area contributed by atoms with Gasteiger partial charge in [0.05, 0.1) is 22.3 Å². The smallest absolute Gasteiger partial charge is 0.262 e. The van der Waals surface area contributed by atoms with Gasteiger partial charge in [-0.05, 0) is 71.8 Å². The third-order valence-electron chi connectivity index (χ3n) is 7.76. The van der Waals surface area contributed by atoms with E-state index in [0.717, 1.165) is 12.2 Å². The second kappa shape index (κ2) is 14.3. The molecule has 0 aliphatic carbocycles. The van der Waals surface area contributed by atoms with Gasteiger partial charge < -0.3 is 31.1 Å². The van der Waals surface area contributed by atoms with E-state index in [2.05, 4.69) is 26.3 Å². The van der Waals surface area contributed by atoms with Gasteiger partial charge in [0.15, 0.2) is 0 Å². The first-order chi connectivity index (χ1) is 24.6. The number of anilines is 2. The minimum Gasteiger partial charge on any atom is -0.506 e. The fourth-order valence-corrected chi connectivity index (χ4v) is 5.29. The van der Waals surface area contributed by atoms with Crippen molar-refractivity contribution in [1.29, 1.82) is 0 Å². The van der Waals surface area contributed by atoms with Crippen molar-refractivity contribution in [1.82, 2.24) is 9.97 Å². The maximum absolute atomic E-state index is 12.9. The molecule has 0 aliphatic rings. The number of aromatic nitrogens is 2. The number of pyridine rings is 2. The normalized spacial score (nSPS) is 10.5. The van der Waals surface area contributed by atoms with Crippen LogP contribution in [0.25, 0.3) is 34.4 Å². The molecule has 0 radical (unpaired) electrons. The van der Waals surface area contributed by atoms with Gasteiger partial charge in [0, 0.05) is 22.5 Å². The van der Waals surface area contributed by atoms with Crippen molar-refractivity contribution in [3.05, 3.63) is 158 Å². The van der Waals surface area contributed by atoms with Crippen LogP contribution in [0.1, 0.15) is 31.8 Å². The lowest BCUT2D eigenvalue weighted by atomic mass is 10.0. The summed E-state index contributed by atoms with van der Waals surface area (Å²) in [5.74, 6) is -3.39. The lowest BCUT2D eigenvalue weighted by Gasteiger charge is -2.11. The highest BCUT2D eigenvalue weighted by molar-refractivity contribution is 6.05. The molecule has 2 aromatic heterocycles. The van der Waals surface area contributed by atoms with Crippen LogP contribution in [0.2, 0.25) is 0 Å². The third kappa shape index (κ3) is 7.16. The minimum atomic E-state index is -0.819. The lowest BCUT2D eigenvalue weighted by molar-refractivity contribution is 0.101. The Labute approximate surface area is 289 Å². The summed E-state index contributed by atoms with van der Waals surface area (Å²) in [5.41, 5.74) is 2.02. The van der Waals surface area contributed by atoms with Crippen LogP contribution >= 0.6 is 0 Å². The number of hydrogen-bond donors (Lipinski definition) is 8. The monoisotopic (exact) mass is 680 g/mol. The zero-order chi connectivity index (χ0) is 36.1. The molecule has 12 nitrogen and oxygen atoms in total. The topological polar surface area (TPSA) is 205 Å². The van der Waals surface area contributed by atoms with Gasteiger partial charge in [0.25, 0.3) is 22.9 Å².